The summed E-state index contributed by atoms with van der Waals surface area (Å²) in [7, 11) is 0. The number of nitrogens with zero attached hydrogens (tertiary/aromatic N) is 2. The molecule has 2 aromatic carbocycles. The van der Waals surface area contributed by atoms with Crippen LogP contribution in [0.15, 0.2) is 60.7 Å². The molecule has 2 heterocycles. The van der Waals surface area contributed by atoms with E-state index < -0.39 is 17.7 Å². The van der Waals surface area contributed by atoms with Crippen LogP contribution in [-0.2, 0) is 22.4 Å². The highest BCUT2D eigenvalue weighted by atomic mass is 16.2. The lowest BCUT2D eigenvalue weighted by Crippen LogP contribution is -2.45. The maximum Gasteiger partial charge on any atom is 0.272 e. The van der Waals surface area contributed by atoms with Gasteiger partial charge in [-0.2, -0.15) is 5.01 Å². The molecule has 1 aliphatic carbocycles. The van der Waals surface area contributed by atoms with Gasteiger partial charge in [0.05, 0.1) is 5.52 Å². The van der Waals surface area contributed by atoms with Crippen LogP contribution in [0.4, 0.5) is 0 Å². The molecule has 144 valence electrons. The van der Waals surface area contributed by atoms with Crippen molar-refractivity contribution in [2.75, 3.05) is 0 Å². The number of carbonyl (C=O) groups is 3. The molecule has 0 unspecified atom stereocenters. The second-order valence-corrected chi connectivity index (χ2v) is 7.32. The summed E-state index contributed by atoms with van der Waals surface area (Å²) in [5.74, 6) is -1.60. The Balaban J connectivity index is 1.48. The van der Waals surface area contributed by atoms with Gasteiger partial charge in [0.2, 0.25) is 0 Å². The number of hydrogen-bond donors (Lipinski definition) is 1. The number of carbonyl (C=O) groups excluding carboxylic acids is 3. The Hall–Kier alpha value is -3.67. The molecule has 2 aliphatic rings. The maximum absolute atomic E-state index is 12.4. The van der Waals surface area contributed by atoms with Crippen LogP contribution in [-0.4, -0.2) is 27.3 Å². The van der Waals surface area contributed by atoms with Gasteiger partial charge in [-0.1, -0.05) is 18.2 Å². The molecule has 1 aromatic heterocycles. The van der Waals surface area contributed by atoms with Gasteiger partial charge in [0.15, 0.2) is 0 Å². The van der Waals surface area contributed by atoms with E-state index in [0.29, 0.717) is 10.6 Å². The van der Waals surface area contributed by atoms with Crippen LogP contribution in [0, 0.1) is 0 Å². The van der Waals surface area contributed by atoms with Crippen LogP contribution in [0.1, 0.15) is 34.5 Å². The average Bonchev–Trinajstić information content (AvgIpc) is 3.26. The number of nitrogens with one attached hydrogen (secondary N) is 1. The van der Waals surface area contributed by atoms with E-state index in [1.165, 1.54) is 35.0 Å². The molecule has 0 radical (unpaired) electrons. The van der Waals surface area contributed by atoms with E-state index in [-0.39, 0.29) is 0 Å². The first-order valence-corrected chi connectivity index (χ1v) is 9.72. The number of aryl methyl sites for hydroxylation is 1. The third-order valence-electron chi connectivity index (χ3n) is 5.59. The third kappa shape index (κ3) is 2.84. The van der Waals surface area contributed by atoms with Crippen molar-refractivity contribution in [3.05, 3.63) is 77.5 Å². The van der Waals surface area contributed by atoms with Gasteiger partial charge in [-0.15, -0.1) is 0 Å². The van der Waals surface area contributed by atoms with Gasteiger partial charge in [-0.25, -0.2) is 0 Å². The summed E-state index contributed by atoms with van der Waals surface area (Å²) in [4.78, 5) is 35.7. The monoisotopic (exact) mass is 385 g/mol. The zero-order chi connectivity index (χ0) is 20.0. The molecule has 6 nitrogen and oxygen atoms in total. The van der Waals surface area contributed by atoms with Gasteiger partial charge in [0.25, 0.3) is 17.7 Å². The zero-order valence-corrected chi connectivity index (χ0v) is 15.7. The Labute approximate surface area is 167 Å². The third-order valence-corrected chi connectivity index (χ3v) is 5.59. The van der Waals surface area contributed by atoms with Gasteiger partial charge in [0.1, 0.15) is 0 Å². The van der Waals surface area contributed by atoms with Crippen molar-refractivity contribution < 1.29 is 14.4 Å². The summed E-state index contributed by atoms with van der Waals surface area (Å²) >= 11 is 0. The highest BCUT2D eigenvalue weighted by Crippen LogP contribution is 2.34. The van der Waals surface area contributed by atoms with Crippen LogP contribution < -0.4 is 5.43 Å². The molecule has 6 heteroatoms. The molecule has 0 spiro atoms. The molecule has 0 fully saturated rings. The standard InChI is InChI=1S/C23H19N3O3/c27-21-13-14-22(28)26(21)24-23(29)15-9-11-16(12-10-15)25-19-7-3-1-5-17(19)18-6-2-4-8-20(18)25/h1,3,5,7,9-14H,2,4,6,8H2,(H,24,29). The minimum Gasteiger partial charge on any atom is -0.313 e. The number of benzene rings is 2. The molecule has 1 aliphatic heterocycles. The van der Waals surface area contributed by atoms with Crippen molar-refractivity contribution in [2.45, 2.75) is 25.7 Å². The minimum atomic E-state index is -0.551. The number of aromatic nitrogens is 1. The second kappa shape index (κ2) is 6.74. The number of para-hydroxylation sites is 1. The number of imide groups is 1. The summed E-state index contributed by atoms with van der Waals surface area (Å²) in [5.41, 5.74) is 7.67. The van der Waals surface area contributed by atoms with Crippen molar-refractivity contribution >= 4 is 28.6 Å². The molecular formula is C23H19N3O3. The smallest absolute Gasteiger partial charge is 0.272 e. The van der Waals surface area contributed by atoms with Crippen molar-refractivity contribution in [1.29, 1.82) is 0 Å². The first kappa shape index (κ1) is 17.4. The molecule has 3 aromatic rings. The quantitative estimate of drug-likeness (QED) is 0.705. The topological polar surface area (TPSA) is 71.4 Å². The first-order chi connectivity index (χ1) is 14.1. The number of hydrogen-bond acceptors (Lipinski definition) is 3. The van der Waals surface area contributed by atoms with Crippen molar-refractivity contribution in [3.8, 4) is 5.69 Å². The normalized spacial score (nSPS) is 15.8. The molecule has 0 saturated carbocycles. The number of rotatable bonds is 3. The minimum absolute atomic E-state index is 0.381. The van der Waals surface area contributed by atoms with Crippen LogP contribution in [0.2, 0.25) is 0 Å². The van der Waals surface area contributed by atoms with Crippen LogP contribution in [0.3, 0.4) is 0 Å². The number of hydrazine groups is 1. The summed E-state index contributed by atoms with van der Waals surface area (Å²) in [5, 5.41) is 2.01. The molecule has 1 N–H and O–H groups in total. The van der Waals surface area contributed by atoms with E-state index in [9.17, 15) is 14.4 Å². The summed E-state index contributed by atoms with van der Waals surface area (Å²) < 4.78 is 2.28. The molecule has 3 amide bonds. The Bertz CT molecular complexity index is 1170. The maximum atomic E-state index is 12.4. The molecular weight excluding hydrogens is 366 g/mol. The van der Waals surface area contributed by atoms with E-state index in [1.807, 2.05) is 18.2 Å². The van der Waals surface area contributed by atoms with Gasteiger partial charge < -0.3 is 4.57 Å². The Morgan fingerprint density at radius 1 is 0.862 bits per heavy atom. The first-order valence-electron chi connectivity index (χ1n) is 9.72. The lowest BCUT2D eigenvalue weighted by Gasteiger charge is -2.17. The highest BCUT2D eigenvalue weighted by molar-refractivity contribution is 6.14. The van der Waals surface area contributed by atoms with Crippen LogP contribution in [0.5, 0.6) is 0 Å². The number of fused-ring (bicyclic) bond motifs is 3. The summed E-state index contributed by atoms with van der Waals surface area (Å²) in [6.07, 6.45) is 6.78. The fourth-order valence-electron chi connectivity index (χ4n) is 4.23. The summed E-state index contributed by atoms with van der Waals surface area (Å²) in [6.45, 7) is 0. The van der Waals surface area contributed by atoms with E-state index in [1.54, 1.807) is 12.1 Å². The van der Waals surface area contributed by atoms with Gasteiger partial charge >= 0.3 is 0 Å². The fraction of sp³-hybridized carbons (Fsp3) is 0.174. The molecule has 29 heavy (non-hydrogen) atoms. The van der Waals surface area contributed by atoms with Gasteiger partial charge in [-0.05, 0) is 61.6 Å². The lowest BCUT2D eigenvalue weighted by atomic mass is 9.95. The van der Waals surface area contributed by atoms with Crippen LogP contribution >= 0.6 is 0 Å². The van der Waals surface area contributed by atoms with E-state index in [2.05, 4.69) is 28.2 Å². The van der Waals surface area contributed by atoms with Crippen LogP contribution in [0.25, 0.3) is 16.6 Å². The molecule has 0 atom stereocenters. The average molecular weight is 385 g/mol. The largest absolute Gasteiger partial charge is 0.313 e. The van der Waals surface area contributed by atoms with Crippen molar-refractivity contribution in [2.24, 2.45) is 0 Å². The Morgan fingerprint density at radius 2 is 1.55 bits per heavy atom. The predicted octanol–water partition coefficient (Wildman–Crippen LogP) is 3.08. The van der Waals surface area contributed by atoms with Crippen molar-refractivity contribution in [3.63, 3.8) is 0 Å². The lowest BCUT2D eigenvalue weighted by molar-refractivity contribution is -0.139. The fourth-order valence-corrected chi connectivity index (χ4v) is 4.23. The molecule has 0 saturated heterocycles. The Morgan fingerprint density at radius 3 is 2.31 bits per heavy atom. The van der Waals surface area contributed by atoms with Crippen molar-refractivity contribution in [1.82, 2.24) is 15.0 Å². The predicted molar refractivity (Wildman–Crippen MR) is 108 cm³/mol. The van der Waals surface area contributed by atoms with E-state index in [0.717, 1.165) is 30.7 Å². The van der Waals surface area contributed by atoms with E-state index in [4.69, 9.17) is 0 Å². The zero-order valence-electron chi connectivity index (χ0n) is 15.7. The Kier molecular flexibility index (Phi) is 4.05. The summed E-state index contributed by atoms with van der Waals surface area (Å²) in [6, 6.07) is 15.7. The molecule has 0 bridgehead atoms. The van der Waals surface area contributed by atoms with Gasteiger partial charge in [0, 0.05) is 34.5 Å². The second-order valence-electron chi connectivity index (χ2n) is 7.32. The SMILES string of the molecule is O=C(NN1C(=O)C=CC1=O)c1ccc(-n2c3c(c4ccccc42)CCCC3)cc1. The number of amides is 3. The molecule has 5 rings (SSSR count). The van der Waals surface area contributed by atoms with E-state index >= 15 is 0 Å². The highest BCUT2D eigenvalue weighted by Gasteiger charge is 2.26. The van der Waals surface area contributed by atoms with Gasteiger partial charge in [-0.3, -0.25) is 19.8 Å².